The average molecular weight is 430 g/mol. The summed E-state index contributed by atoms with van der Waals surface area (Å²) >= 11 is 0. The number of carbonyl (C=O) groups is 1. The molecule has 0 atom stereocenters. The number of hydrogen-bond donors (Lipinski definition) is 1. The number of rotatable bonds is 2. The van der Waals surface area contributed by atoms with Crippen molar-refractivity contribution in [1.82, 2.24) is 4.90 Å². The summed E-state index contributed by atoms with van der Waals surface area (Å²) in [6.07, 6.45) is -0.233. The number of amides is 1. The third kappa shape index (κ3) is 5.80. The fraction of sp³-hybridized carbons (Fsp3) is 0.625. The van der Waals surface area contributed by atoms with Crippen LogP contribution in [-0.4, -0.2) is 50.8 Å². The van der Waals surface area contributed by atoms with Crippen LogP contribution in [0.3, 0.4) is 0 Å². The lowest BCUT2D eigenvalue weighted by molar-refractivity contribution is 0.0240. The lowest BCUT2D eigenvalue weighted by Crippen LogP contribution is -2.50. The molecule has 1 aromatic carbocycles. The van der Waals surface area contributed by atoms with Crippen molar-refractivity contribution in [3.63, 3.8) is 0 Å². The van der Waals surface area contributed by atoms with Gasteiger partial charge in [-0.1, -0.05) is 25.6 Å². The Morgan fingerprint density at radius 1 is 1.03 bits per heavy atom. The van der Waals surface area contributed by atoms with Crippen molar-refractivity contribution < 1.29 is 9.53 Å². The second-order valence-electron chi connectivity index (χ2n) is 10.2. The Morgan fingerprint density at radius 2 is 1.60 bits per heavy atom. The van der Waals surface area contributed by atoms with Gasteiger partial charge >= 0.3 is 6.09 Å². The van der Waals surface area contributed by atoms with E-state index in [0.29, 0.717) is 19.6 Å². The number of ether oxygens (including phenoxy) is 1. The van der Waals surface area contributed by atoms with Crippen LogP contribution in [-0.2, 0) is 11.3 Å². The van der Waals surface area contributed by atoms with Gasteiger partial charge in [-0.05, 0) is 63.8 Å². The van der Waals surface area contributed by atoms with E-state index in [-0.39, 0.29) is 6.09 Å². The molecule has 0 spiro atoms. The minimum Gasteiger partial charge on any atom is -0.444 e. The molecule has 1 heterocycles. The maximum Gasteiger partial charge on any atom is 0.410 e. The highest BCUT2D eigenvalue weighted by Crippen LogP contribution is 2.34. The molecule has 0 aromatic heterocycles. The molecule has 2 N–H and O–H groups in total. The largest absolute Gasteiger partial charge is 0.444 e. The van der Waals surface area contributed by atoms with Crippen molar-refractivity contribution in [3.8, 4) is 11.5 Å². The van der Waals surface area contributed by atoms with Crippen molar-refractivity contribution in [3.05, 3.63) is 27.8 Å². The summed E-state index contributed by atoms with van der Waals surface area (Å²) in [5.41, 5.74) is 16.4. The highest BCUT2D eigenvalue weighted by molar-refractivity contribution is 6.83. The van der Waals surface area contributed by atoms with Crippen LogP contribution >= 0.6 is 0 Å². The van der Waals surface area contributed by atoms with Crippen LogP contribution in [0.15, 0.2) is 0 Å². The standard InChI is InChI=1S/C24H39N3O2Si/c1-17-20(10-15-30(7,8)9)18(2)22(19(3)21(17)16-25)26-11-13-27(14-12-26)23(28)29-24(4,5)6/h11-14,16,25H2,1-9H3. The zero-order valence-electron chi connectivity index (χ0n) is 20.3. The molecule has 1 aliphatic heterocycles. The molecule has 1 saturated heterocycles. The van der Waals surface area contributed by atoms with E-state index in [1.54, 1.807) is 4.90 Å². The number of piperazine rings is 1. The quantitative estimate of drug-likeness (QED) is 0.561. The third-order valence-corrected chi connectivity index (χ3v) is 6.25. The summed E-state index contributed by atoms with van der Waals surface area (Å²) in [6, 6.07) is 0. The number of benzene rings is 1. The molecule has 1 fully saturated rings. The Hall–Kier alpha value is -1.97. The first-order chi connectivity index (χ1) is 13.7. The monoisotopic (exact) mass is 429 g/mol. The van der Waals surface area contributed by atoms with E-state index < -0.39 is 13.7 Å². The summed E-state index contributed by atoms with van der Waals surface area (Å²) in [5.74, 6) is 3.50. The van der Waals surface area contributed by atoms with E-state index >= 15 is 0 Å². The van der Waals surface area contributed by atoms with Crippen molar-refractivity contribution in [2.75, 3.05) is 31.1 Å². The molecule has 0 radical (unpaired) electrons. The van der Waals surface area contributed by atoms with E-state index in [1.165, 1.54) is 27.9 Å². The van der Waals surface area contributed by atoms with Gasteiger partial charge in [0.15, 0.2) is 0 Å². The summed E-state index contributed by atoms with van der Waals surface area (Å²) in [5, 5.41) is 0. The smallest absolute Gasteiger partial charge is 0.410 e. The molecule has 1 aliphatic rings. The lowest BCUT2D eigenvalue weighted by atomic mass is 9.90. The fourth-order valence-electron chi connectivity index (χ4n) is 3.91. The van der Waals surface area contributed by atoms with E-state index in [9.17, 15) is 4.79 Å². The molecule has 1 amide bonds. The molecule has 0 bridgehead atoms. The highest BCUT2D eigenvalue weighted by atomic mass is 28.3. The van der Waals surface area contributed by atoms with Gasteiger partial charge in [-0.15, -0.1) is 5.54 Å². The predicted octanol–water partition coefficient (Wildman–Crippen LogP) is 4.36. The van der Waals surface area contributed by atoms with Crippen LogP contribution in [0.5, 0.6) is 0 Å². The lowest BCUT2D eigenvalue weighted by Gasteiger charge is -2.38. The van der Waals surface area contributed by atoms with Gasteiger partial charge in [-0.2, -0.15) is 0 Å². The fourth-order valence-corrected chi connectivity index (χ4v) is 4.41. The summed E-state index contributed by atoms with van der Waals surface area (Å²) in [7, 11) is -1.49. The van der Waals surface area contributed by atoms with Crippen LogP contribution in [0.4, 0.5) is 10.5 Å². The van der Waals surface area contributed by atoms with Crippen LogP contribution in [0, 0.1) is 32.2 Å². The van der Waals surface area contributed by atoms with Gasteiger partial charge in [-0.3, -0.25) is 0 Å². The van der Waals surface area contributed by atoms with Crippen LogP contribution < -0.4 is 10.6 Å². The molecule has 30 heavy (non-hydrogen) atoms. The minimum absolute atomic E-state index is 0.233. The number of hydrogen-bond acceptors (Lipinski definition) is 4. The van der Waals surface area contributed by atoms with Gasteiger partial charge in [0, 0.05) is 44.0 Å². The molecule has 0 unspecified atom stereocenters. The second kappa shape index (κ2) is 9.03. The Kier molecular flexibility index (Phi) is 7.31. The SMILES string of the molecule is Cc1c(C#C[Si](C)(C)C)c(C)c(N2CCN(C(=O)OC(C)(C)C)CC2)c(C)c1CN. The van der Waals surface area contributed by atoms with Crippen LogP contribution in [0.1, 0.15) is 48.6 Å². The van der Waals surface area contributed by atoms with Gasteiger partial charge in [0.25, 0.3) is 0 Å². The zero-order chi connectivity index (χ0) is 22.9. The van der Waals surface area contributed by atoms with E-state index in [2.05, 4.69) is 56.8 Å². The molecule has 1 aromatic rings. The Labute approximate surface area is 184 Å². The van der Waals surface area contributed by atoms with Crippen molar-refractivity contribution >= 4 is 19.9 Å². The molecule has 0 aliphatic carbocycles. The van der Waals surface area contributed by atoms with Crippen molar-refractivity contribution in [2.45, 2.75) is 73.3 Å². The first kappa shape index (κ1) is 24.3. The van der Waals surface area contributed by atoms with E-state index in [1.807, 2.05) is 20.8 Å². The van der Waals surface area contributed by atoms with Crippen LogP contribution in [0.2, 0.25) is 19.6 Å². The minimum atomic E-state index is -1.49. The Bertz CT molecular complexity index is 862. The number of nitrogens with two attached hydrogens (primary N) is 1. The van der Waals surface area contributed by atoms with Gasteiger partial charge < -0.3 is 20.3 Å². The van der Waals surface area contributed by atoms with Crippen molar-refractivity contribution in [1.29, 1.82) is 0 Å². The highest BCUT2D eigenvalue weighted by Gasteiger charge is 2.28. The molecule has 0 saturated carbocycles. The summed E-state index contributed by atoms with van der Waals surface area (Å²) in [4.78, 5) is 16.6. The maximum atomic E-state index is 12.4. The number of anilines is 1. The number of carbonyl (C=O) groups excluding carboxylic acids is 1. The Balaban J connectivity index is 2.36. The van der Waals surface area contributed by atoms with Crippen molar-refractivity contribution in [2.24, 2.45) is 5.73 Å². The van der Waals surface area contributed by atoms with Gasteiger partial charge in [-0.25, -0.2) is 4.79 Å². The topological polar surface area (TPSA) is 58.8 Å². The summed E-state index contributed by atoms with van der Waals surface area (Å²) in [6.45, 7) is 22.3. The molecule has 5 nitrogen and oxygen atoms in total. The molecule has 166 valence electrons. The predicted molar refractivity (Wildman–Crippen MR) is 129 cm³/mol. The first-order valence-corrected chi connectivity index (χ1v) is 14.3. The van der Waals surface area contributed by atoms with Gasteiger partial charge in [0.1, 0.15) is 13.7 Å². The van der Waals surface area contributed by atoms with E-state index in [4.69, 9.17) is 10.5 Å². The van der Waals surface area contributed by atoms with Gasteiger partial charge in [0.05, 0.1) is 0 Å². The second-order valence-corrected chi connectivity index (χ2v) is 15.0. The third-order valence-electron chi connectivity index (χ3n) is 5.38. The van der Waals surface area contributed by atoms with Crippen LogP contribution in [0.25, 0.3) is 0 Å². The van der Waals surface area contributed by atoms with Gasteiger partial charge in [0.2, 0.25) is 0 Å². The molecular weight excluding hydrogens is 390 g/mol. The van der Waals surface area contributed by atoms with E-state index in [0.717, 1.165) is 18.7 Å². The molecule has 2 rings (SSSR count). The normalized spacial score (nSPS) is 15.0. The average Bonchev–Trinajstić information content (AvgIpc) is 2.60. The molecule has 6 heteroatoms. The zero-order valence-corrected chi connectivity index (χ0v) is 21.3. The number of nitrogens with zero attached hydrogens (tertiary/aromatic N) is 2. The Morgan fingerprint density at radius 3 is 2.07 bits per heavy atom. The maximum absolute atomic E-state index is 12.4. The first-order valence-electron chi connectivity index (χ1n) is 10.8. The molecular formula is C24H39N3O2Si. The summed E-state index contributed by atoms with van der Waals surface area (Å²) < 4.78 is 5.54.